The Balaban J connectivity index is 1.75. The number of ether oxygens (including phenoxy) is 1. The van der Waals surface area contributed by atoms with Gasteiger partial charge in [-0.2, -0.15) is 5.26 Å². The number of aromatic nitrogens is 3. The van der Waals surface area contributed by atoms with Crippen molar-refractivity contribution in [3.05, 3.63) is 35.8 Å². The molecule has 2 atom stereocenters. The Morgan fingerprint density at radius 2 is 2.14 bits per heavy atom. The number of hydrogen-bond donors (Lipinski definition) is 0. The molecule has 3 heterocycles. The van der Waals surface area contributed by atoms with Crippen molar-refractivity contribution in [1.29, 1.82) is 5.26 Å². The smallest absolute Gasteiger partial charge is 0.113 e. The van der Waals surface area contributed by atoms with Crippen LogP contribution in [0.3, 0.4) is 0 Å². The van der Waals surface area contributed by atoms with Gasteiger partial charge in [-0.3, -0.25) is 4.98 Å². The summed E-state index contributed by atoms with van der Waals surface area (Å²) in [6.07, 6.45) is 4.80. The molecule has 0 radical (unpaired) electrons. The van der Waals surface area contributed by atoms with Gasteiger partial charge in [-0.25, -0.2) is 9.37 Å². The van der Waals surface area contributed by atoms with E-state index in [1.165, 1.54) is 0 Å². The van der Waals surface area contributed by atoms with Gasteiger partial charge in [-0.1, -0.05) is 0 Å². The first-order valence-corrected chi connectivity index (χ1v) is 9.96. The highest BCUT2D eigenvalue weighted by atomic mass is 19.1. The van der Waals surface area contributed by atoms with E-state index in [1.807, 2.05) is 12.1 Å². The molecular weight excluding hydrogens is 355 g/mol. The molecule has 1 saturated heterocycles. The summed E-state index contributed by atoms with van der Waals surface area (Å²) in [5.41, 5.74) is 2.19. The van der Waals surface area contributed by atoms with Crippen molar-refractivity contribution >= 4 is 21.9 Å². The lowest BCUT2D eigenvalue weighted by atomic mass is 9.73. The Labute approximate surface area is 163 Å². The molecule has 0 N–H and O–H groups in total. The number of alkyl halides is 1. The minimum atomic E-state index is -1.11. The zero-order chi connectivity index (χ0) is 19.5. The molecule has 1 saturated carbocycles. The number of benzene rings is 1. The van der Waals surface area contributed by atoms with Gasteiger partial charge in [0.2, 0.25) is 0 Å². The monoisotopic (exact) mass is 378 g/mol. The van der Waals surface area contributed by atoms with Crippen LogP contribution in [0.25, 0.3) is 21.9 Å². The molecule has 1 unspecified atom stereocenters. The van der Waals surface area contributed by atoms with Crippen molar-refractivity contribution in [2.75, 3.05) is 6.61 Å². The van der Waals surface area contributed by atoms with Crippen molar-refractivity contribution in [3.63, 3.8) is 0 Å². The van der Waals surface area contributed by atoms with Crippen LogP contribution in [0.1, 0.15) is 62.9 Å². The van der Waals surface area contributed by atoms with Crippen LogP contribution in [0.5, 0.6) is 0 Å². The predicted octanol–water partition coefficient (Wildman–Crippen LogP) is 4.80. The first-order chi connectivity index (χ1) is 13.4. The lowest BCUT2D eigenvalue weighted by molar-refractivity contribution is 0.00394. The number of nitrogens with zero attached hydrogens (tertiary/aromatic N) is 4. The summed E-state index contributed by atoms with van der Waals surface area (Å²) < 4.78 is 22.4. The Morgan fingerprint density at radius 1 is 1.32 bits per heavy atom. The summed E-state index contributed by atoms with van der Waals surface area (Å²) >= 11 is 0. The molecule has 28 heavy (non-hydrogen) atoms. The number of imidazole rings is 1. The third-order valence-electron chi connectivity index (χ3n) is 6.20. The molecule has 5 rings (SSSR count). The average molecular weight is 378 g/mol. The maximum Gasteiger partial charge on any atom is 0.113 e. The van der Waals surface area contributed by atoms with Gasteiger partial charge in [0.15, 0.2) is 0 Å². The highest BCUT2D eigenvalue weighted by Gasteiger charge is 2.44. The largest absolute Gasteiger partial charge is 0.378 e. The van der Waals surface area contributed by atoms with Crippen LogP contribution in [0.15, 0.2) is 24.4 Å². The Kier molecular flexibility index (Phi) is 3.92. The Morgan fingerprint density at radius 3 is 2.86 bits per heavy atom. The third kappa shape index (κ3) is 2.77. The Hall–Kier alpha value is -2.52. The van der Waals surface area contributed by atoms with Crippen LogP contribution in [-0.2, 0) is 4.74 Å². The van der Waals surface area contributed by atoms with Gasteiger partial charge in [-0.15, -0.1) is 0 Å². The van der Waals surface area contributed by atoms with Crippen LogP contribution in [-0.4, -0.2) is 32.9 Å². The molecule has 144 valence electrons. The molecule has 2 aromatic heterocycles. The predicted molar refractivity (Wildman–Crippen MR) is 105 cm³/mol. The van der Waals surface area contributed by atoms with E-state index in [0.717, 1.165) is 40.6 Å². The molecule has 2 fully saturated rings. The van der Waals surface area contributed by atoms with Gasteiger partial charge >= 0.3 is 0 Å². The van der Waals surface area contributed by atoms with Gasteiger partial charge in [0.1, 0.15) is 17.0 Å². The molecule has 1 aliphatic carbocycles. The third-order valence-corrected chi connectivity index (χ3v) is 6.20. The maximum atomic E-state index is 14.3. The summed E-state index contributed by atoms with van der Waals surface area (Å²) in [6.45, 7) is 4.48. The fourth-order valence-corrected chi connectivity index (χ4v) is 4.88. The van der Waals surface area contributed by atoms with E-state index >= 15 is 0 Å². The molecular formula is C22H23FN4O. The van der Waals surface area contributed by atoms with E-state index in [2.05, 4.69) is 22.5 Å². The zero-order valence-corrected chi connectivity index (χ0v) is 16.2. The van der Waals surface area contributed by atoms with E-state index in [1.54, 1.807) is 19.2 Å². The van der Waals surface area contributed by atoms with Crippen LogP contribution in [0.4, 0.5) is 4.39 Å². The van der Waals surface area contributed by atoms with E-state index < -0.39 is 5.67 Å². The van der Waals surface area contributed by atoms with E-state index in [9.17, 15) is 9.65 Å². The molecule has 5 nitrogen and oxygen atoms in total. The van der Waals surface area contributed by atoms with E-state index in [4.69, 9.17) is 9.72 Å². The normalized spacial score (nSPS) is 30.3. The maximum absolute atomic E-state index is 14.3. The van der Waals surface area contributed by atoms with Gasteiger partial charge in [0.25, 0.3) is 0 Å². The topological polar surface area (TPSA) is 63.7 Å². The molecule has 2 aliphatic rings. The van der Waals surface area contributed by atoms with Crippen molar-refractivity contribution in [1.82, 2.24) is 14.5 Å². The van der Waals surface area contributed by atoms with Crippen molar-refractivity contribution < 1.29 is 9.13 Å². The second kappa shape index (κ2) is 6.25. The summed E-state index contributed by atoms with van der Waals surface area (Å²) in [5, 5.41) is 10.3. The second-order valence-electron chi connectivity index (χ2n) is 8.55. The zero-order valence-electron chi connectivity index (χ0n) is 16.2. The van der Waals surface area contributed by atoms with Gasteiger partial charge in [0.05, 0.1) is 35.0 Å². The molecule has 1 aliphatic heterocycles. The lowest BCUT2D eigenvalue weighted by Crippen LogP contribution is -2.37. The minimum Gasteiger partial charge on any atom is -0.378 e. The quantitative estimate of drug-likeness (QED) is 0.642. The van der Waals surface area contributed by atoms with E-state index in [0.29, 0.717) is 25.0 Å². The first kappa shape index (κ1) is 17.6. The fourth-order valence-electron chi connectivity index (χ4n) is 4.88. The number of nitriles is 1. The van der Waals surface area contributed by atoms with E-state index in [-0.39, 0.29) is 18.1 Å². The number of fused-ring (bicyclic) bond motifs is 3. The molecule has 1 aromatic carbocycles. The van der Waals surface area contributed by atoms with Gasteiger partial charge in [0, 0.05) is 24.0 Å². The molecule has 6 heteroatoms. The molecule has 0 bridgehead atoms. The number of rotatable bonds is 2. The number of halogens is 1. The summed E-state index contributed by atoms with van der Waals surface area (Å²) in [6, 6.07) is 8.06. The van der Waals surface area contributed by atoms with Crippen LogP contribution < -0.4 is 0 Å². The van der Waals surface area contributed by atoms with Gasteiger partial charge < -0.3 is 9.30 Å². The van der Waals surface area contributed by atoms with Crippen molar-refractivity contribution in [3.8, 4) is 6.07 Å². The Bertz CT molecular complexity index is 1110. The fraction of sp³-hybridized carbons (Fsp3) is 0.500. The highest BCUT2D eigenvalue weighted by Crippen LogP contribution is 2.48. The van der Waals surface area contributed by atoms with Crippen molar-refractivity contribution in [2.24, 2.45) is 0 Å². The summed E-state index contributed by atoms with van der Waals surface area (Å²) in [4.78, 5) is 9.46. The number of pyridine rings is 1. The summed E-state index contributed by atoms with van der Waals surface area (Å²) in [5.74, 6) is 1.08. The minimum absolute atomic E-state index is 0.120. The standard InChI is InChI=1S/C22H23FN4O/c1-13-7-16(5-6-28-13)27-20-17-8-14(11-24)3-4-18(17)25-12-19(20)26-21(27)15-9-22(2,23)10-15/h3-4,8,12-13,15-16H,5-7,9-10H2,1-2H3/t13-,15?,16?,22?/m1/s1. The van der Waals surface area contributed by atoms with Gasteiger partial charge in [-0.05, 0) is 57.7 Å². The second-order valence-corrected chi connectivity index (χ2v) is 8.55. The number of hydrogen-bond acceptors (Lipinski definition) is 4. The average Bonchev–Trinajstić information content (AvgIpc) is 3.05. The van der Waals surface area contributed by atoms with Crippen LogP contribution in [0.2, 0.25) is 0 Å². The SMILES string of the molecule is C[C@@H]1CC(n2c(C3CC(C)(F)C3)nc3cnc4ccc(C#N)cc4c32)CCO1. The summed E-state index contributed by atoms with van der Waals surface area (Å²) in [7, 11) is 0. The molecule has 3 aromatic rings. The lowest BCUT2D eigenvalue weighted by Gasteiger charge is -2.40. The first-order valence-electron chi connectivity index (χ1n) is 9.96. The molecule has 0 amide bonds. The van der Waals surface area contributed by atoms with Crippen LogP contribution in [0, 0.1) is 11.3 Å². The molecule has 0 spiro atoms. The van der Waals surface area contributed by atoms with Crippen molar-refractivity contribution in [2.45, 2.75) is 63.3 Å². The van der Waals surface area contributed by atoms with Crippen LogP contribution >= 0.6 is 0 Å². The highest BCUT2D eigenvalue weighted by molar-refractivity contribution is 6.03.